The number of hydrogen-bond acceptors (Lipinski definition) is 2. The van der Waals surface area contributed by atoms with E-state index in [2.05, 4.69) is 15.9 Å². The molecular weight excluding hydrogens is 241 g/mol. The maximum absolute atomic E-state index is 11.0. The molecule has 0 spiro atoms. The summed E-state index contributed by atoms with van der Waals surface area (Å²) in [6.45, 7) is 1.46. The number of carbonyl (C=O) groups excluding carboxylic acids is 1. The van der Waals surface area contributed by atoms with Gasteiger partial charge in [0.15, 0.2) is 5.78 Å². The largest absolute Gasteiger partial charge is 0.398 e. The highest BCUT2D eigenvalue weighted by molar-refractivity contribution is 9.10. The first-order valence-electron chi connectivity index (χ1n) is 3.28. The Morgan fingerprint density at radius 1 is 1.58 bits per heavy atom. The third-order valence-corrected chi connectivity index (χ3v) is 2.67. The van der Waals surface area contributed by atoms with Crippen molar-refractivity contribution in [1.29, 1.82) is 0 Å². The zero-order chi connectivity index (χ0) is 9.30. The van der Waals surface area contributed by atoms with E-state index in [9.17, 15) is 4.79 Å². The molecule has 0 atom stereocenters. The third-order valence-electron chi connectivity index (χ3n) is 1.47. The first-order chi connectivity index (χ1) is 5.52. The maximum atomic E-state index is 11.0. The topological polar surface area (TPSA) is 43.1 Å². The first kappa shape index (κ1) is 9.55. The zero-order valence-electron chi connectivity index (χ0n) is 6.40. The van der Waals surface area contributed by atoms with Crippen molar-refractivity contribution in [2.24, 2.45) is 0 Å². The molecule has 2 N–H and O–H groups in total. The van der Waals surface area contributed by atoms with Crippen molar-refractivity contribution in [3.63, 3.8) is 0 Å². The van der Waals surface area contributed by atoms with Gasteiger partial charge in [0.25, 0.3) is 0 Å². The molecule has 0 aromatic heterocycles. The van der Waals surface area contributed by atoms with E-state index in [1.807, 2.05) is 0 Å². The highest BCUT2D eigenvalue weighted by Crippen LogP contribution is 2.27. The van der Waals surface area contributed by atoms with Crippen LogP contribution in [0.2, 0.25) is 5.02 Å². The van der Waals surface area contributed by atoms with Crippen LogP contribution in [0.4, 0.5) is 5.69 Å². The van der Waals surface area contributed by atoms with Crippen LogP contribution in [0.15, 0.2) is 16.6 Å². The molecule has 1 rings (SSSR count). The monoisotopic (exact) mass is 247 g/mol. The van der Waals surface area contributed by atoms with Gasteiger partial charge in [-0.25, -0.2) is 0 Å². The summed E-state index contributed by atoms with van der Waals surface area (Å²) in [6.07, 6.45) is 0. The minimum Gasteiger partial charge on any atom is -0.398 e. The average molecular weight is 249 g/mol. The van der Waals surface area contributed by atoms with Crippen LogP contribution in [0.5, 0.6) is 0 Å². The summed E-state index contributed by atoms with van der Waals surface area (Å²) in [6, 6.07) is 3.18. The van der Waals surface area contributed by atoms with E-state index in [4.69, 9.17) is 17.3 Å². The number of ketones is 1. The lowest BCUT2D eigenvalue weighted by Gasteiger charge is -2.03. The molecule has 64 valence electrons. The SMILES string of the molecule is CC(=O)c1cc(Br)c(Cl)cc1N. The van der Waals surface area contributed by atoms with Gasteiger partial charge in [0.05, 0.1) is 5.02 Å². The predicted octanol–water partition coefficient (Wildman–Crippen LogP) is 2.89. The van der Waals surface area contributed by atoms with Crippen molar-refractivity contribution in [1.82, 2.24) is 0 Å². The second kappa shape index (κ2) is 3.46. The molecule has 0 aliphatic carbocycles. The van der Waals surface area contributed by atoms with E-state index < -0.39 is 0 Å². The number of rotatable bonds is 1. The van der Waals surface area contributed by atoms with Crippen LogP contribution in [0.1, 0.15) is 17.3 Å². The van der Waals surface area contributed by atoms with Crippen molar-refractivity contribution >= 4 is 39.0 Å². The van der Waals surface area contributed by atoms with E-state index in [0.29, 0.717) is 20.7 Å². The fourth-order valence-corrected chi connectivity index (χ4v) is 1.38. The van der Waals surface area contributed by atoms with Gasteiger partial charge in [-0.1, -0.05) is 11.6 Å². The molecule has 0 heterocycles. The van der Waals surface area contributed by atoms with Gasteiger partial charge in [0, 0.05) is 15.7 Å². The Hall–Kier alpha value is -0.540. The van der Waals surface area contributed by atoms with Crippen molar-refractivity contribution in [2.45, 2.75) is 6.92 Å². The molecule has 0 radical (unpaired) electrons. The smallest absolute Gasteiger partial charge is 0.161 e. The van der Waals surface area contributed by atoms with Crippen LogP contribution < -0.4 is 5.73 Å². The van der Waals surface area contributed by atoms with E-state index in [1.54, 1.807) is 12.1 Å². The summed E-state index contributed by atoms with van der Waals surface area (Å²) in [5, 5.41) is 0.512. The number of carbonyl (C=O) groups is 1. The zero-order valence-corrected chi connectivity index (χ0v) is 8.74. The van der Waals surface area contributed by atoms with Gasteiger partial charge in [-0.05, 0) is 35.0 Å². The van der Waals surface area contributed by atoms with Crippen molar-refractivity contribution in [3.05, 3.63) is 27.2 Å². The molecule has 2 nitrogen and oxygen atoms in total. The molecule has 0 unspecified atom stereocenters. The van der Waals surface area contributed by atoms with Crippen molar-refractivity contribution < 1.29 is 4.79 Å². The minimum absolute atomic E-state index is 0.0649. The number of nitrogens with two attached hydrogens (primary N) is 1. The molecule has 4 heteroatoms. The van der Waals surface area contributed by atoms with Gasteiger partial charge in [0.2, 0.25) is 0 Å². The molecule has 0 saturated heterocycles. The van der Waals surface area contributed by atoms with E-state index in [-0.39, 0.29) is 5.78 Å². The van der Waals surface area contributed by atoms with Crippen LogP contribution in [-0.2, 0) is 0 Å². The Labute approximate surface area is 83.8 Å². The summed E-state index contributed by atoms with van der Waals surface area (Å²) in [4.78, 5) is 11.0. The lowest BCUT2D eigenvalue weighted by Crippen LogP contribution is -1.99. The van der Waals surface area contributed by atoms with Gasteiger partial charge >= 0.3 is 0 Å². The summed E-state index contributed by atoms with van der Waals surface area (Å²) in [7, 11) is 0. The maximum Gasteiger partial charge on any atom is 0.161 e. The van der Waals surface area contributed by atoms with E-state index >= 15 is 0 Å². The van der Waals surface area contributed by atoms with Gasteiger partial charge in [-0.2, -0.15) is 0 Å². The number of nitrogen functional groups attached to an aromatic ring is 1. The molecule has 1 aromatic carbocycles. The second-order valence-electron chi connectivity index (χ2n) is 2.41. The molecule has 12 heavy (non-hydrogen) atoms. The lowest BCUT2D eigenvalue weighted by molar-refractivity contribution is 0.101. The molecule has 0 aliphatic heterocycles. The lowest BCUT2D eigenvalue weighted by atomic mass is 10.1. The second-order valence-corrected chi connectivity index (χ2v) is 3.67. The van der Waals surface area contributed by atoms with Crippen molar-refractivity contribution in [3.8, 4) is 0 Å². The number of benzene rings is 1. The Balaban J connectivity index is 3.33. The van der Waals surface area contributed by atoms with E-state index in [1.165, 1.54) is 6.92 Å². The standard InChI is InChI=1S/C8H7BrClNO/c1-4(12)5-2-6(9)7(10)3-8(5)11/h2-3H,11H2,1H3. The normalized spacial score (nSPS) is 9.92. The number of Topliss-reactive ketones (excluding diaryl/α,β-unsaturated/α-hetero) is 1. The van der Waals surface area contributed by atoms with Gasteiger partial charge in [-0.3, -0.25) is 4.79 Å². The quantitative estimate of drug-likeness (QED) is 0.613. The Kier molecular flexibility index (Phi) is 2.75. The van der Waals surface area contributed by atoms with Gasteiger partial charge in [-0.15, -0.1) is 0 Å². The summed E-state index contributed by atoms with van der Waals surface area (Å²) in [5.74, 6) is -0.0649. The average Bonchev–Trinajstić information content (AvgIpc) is 1.96. The number of hydrogen-bond donors (Lipinski definition) is 1. The summed E-state index contributed by atoms with van der Waals surface area (Å²) < 4.78 is 0.684. The molecule has 0 bridgehead atoms. The third kappa shape index (κ3) is 1.79. The van der Waals surface area contributed by atoms with Gasteiger partial charge in [0.1, 0.15) is 0 Å². The highest BCUT2D eigenvalue weighted by atomic mass is 79.9. The molecule has 0 amide bonds. The molecule has 0 saturated carbocycles. The van der Waals surface area contributed by atoms with Gasteiger partial charge < -0.3 is 5.73 Å². The van der Waals surface area contributed by atoms with Crippen LogP contribution in [0.25, 0.3) is 0 Å². The van der Waals surface area contributed by atoms with Crippen LogP contribution in [-0.4, -0.2) is 5.78 Å². The highest BCUT2D eigenvalue weighted by Gasteiger charge is 2.07. The molecular formula is C8H7BrClNO. The number of halogens is 2. The van der Waals surface area contributed by atoms with Crippen molar-refractivity contribution in [2.75, 3.05) is 5.73 Å². The molecule has 0 fully saturated rings. The van der Waals surface area contributed by atoms with E-state index in [0.717, 1.165) is 0 Å². The Morgan fingerprint density at radius 3 is 2.67 bits per heavy atom. The fourth-order valence-electron chi connectivity index (χ4n) is 0.867. The Bertz CT molecular complexity index is 338. The van der Waals surface area contributed by atoms with Crippen LogP contribution in [0, 0.1) is 0 Å². The molecule has 1 aromatic rings. The first-order valence-corrected chi connectivity index (χ1v) is 4.45. The fraction of sp³-hybridized carbons (Fsp3) is 0.125. The molecule has 0 aliphatic rings. The van der Waals surface area contributed by atoms with Crippen LogP contribution >= 0.6 is 27.5 Å². The van der Waals surface area contributed by atoms with Crippen LogP contribution in [0.3, 0.4) is 0 Å². The Morgan fingerprint density at radius 2 is 2.17 bits per heavy atom. The minimum atomic E-state index is -0.0649. The predicted molar refractivity (Wildman–Crippen MR) is 53.6 cm³/mol. The number of anilines is 1. The summed E-state index contributed by atoms with van der Waals surface area (Å²) in [5.41, 5.74) is 6.47. The summed E-state index contributed by atoms with van der Waals surface area (Å²) >= 11 is 8.96.